The summed E-state index contributed by atoms with van der Waals surface area (Å²) in [6.45, 7) is 5.83. The second-order valence-corrected chi connectivity index (χ2v) is 8.35. The van der Waals surface area contributed by atoms with Crippen LogP contribution in [0, 0.1) is 5.92 Å². The topological polar surface area (TPSA) is 58.2 Å². The minimum atomic E-state index is -3.33. The molecule has 1 aliphatic rings. The molecule has 0 radical (unpaired) electrons. The lowest BCUT2D eigenvalue weighted by Crippen LogP contribution is -2.32. The minimum Gasteiger partial charge on any atom is -0.312 e. The van der Waals surface area contributed by atoms with Crippen molar-refractivity contribution in [1.29, 1.82) is 0 Å². The Hall–Kier alpha value is -0.430. The molecule has 1 fully saturated rings. The van der Waals surface area contributed by atoms with Crippen LogP contribution < -0.4 is 10.0 Å². The number of thiophene rings is 1. The highest BCUT2D eigenvalue weighted by Crippen LogP contribution is 2.27. The van der Waals surface area contributed by atoms with E-state index >= 15 is 0 Å². The normalized spacial score (nSPS) is 23.9. The number of sulfonamides is 1. The van der Waals surface area contributed by atoms with Gasteiger partial charge in [0.2, 0.25) is 10.0 Å². The molecule has 2 atom stereocenters. The summed E-state index contributed by atoms with van der Waals surface area (Å²) in [4.78, 5) is 1.06. The maximum atomic E-state index is 12.3. The molecule has 0 aliphatic heterocycles. The minimum absolute atomic E-state index is 0.110. The Morgan fingerprint density at radius 3 is 2.79 bits per heavy atom. The van der Waals surface area contributed by atoms with Crippen molar-refractivity contribution in [1.82, 2.24) is 10.0 Å². The Morgan fingerprint density at radius 2 is 2.16 bits per heavy atom. The highest BCUT2D eigenvalue weighted by atomic mass is 32.2. The highest BCUT2D eigenvalue weighted by molar-refractivity contribution is 7.91. The summed E-state index contributed by atoms with van der Waals surface area (Å²) in [6, 6.07) is 3.70. The van der Waals surface area contributed by atoms with Crippen LogP contribution in [0.2, 0.25) is 0 Å². The Kier molecular flexibility index (Phi) is 5.00. The molecule has 1 saturated carbocycles. The van der Waals surface area contributed by atoms with Gasteiger partial charge < -0.3 is 5.32 Å². The van der Waals surface area contributed by atoms with Crippen LogP contribution in [0.5, 0.6) is 0 Å². The van der Waals surface area contributed by atoms with E-state index < -0.39 is 10.0 Å². The molecule has 1 aromatic heterocycles. The number of rotatable bonds is 6. The lowest BCUT2D eigenvalue weighted by atomic mass is 10.1. The second kappa shape index (κ2) is 6.35. The van der Waals surface area contributed by atoms with Crippen molar-refractivity contribution >= 4 is 21.4 Å². The van der Waals surface area contributed by atoms with Gasteiger partial charge in [0.25, 0.3) is 0 Å². The van der Waals surface area contributed by atoms with E-state index in [0.717, 1.165) is 37.2 Å². The molecule has 0 spiro atoms. The van der Waals surface area contributed by atoms with Gasteiger partial charge >= 0.3 is 0 Å². The van der Waals surface area contributed by atoms with Gasteiger partial charge in [0.15, 0.2) is 0 Å². The van der Waals surface area contributed by atoms with E-state index in [0.29, 0.717) is 10.1 Å². The van der Waals surface area contributed by atoms with Gasteiger partial charge in [-0.15, -0.1) is 11.3 Å². The molecule has 19 heavy (non-hydrogen) atoms. The lowest BCUT2D eigenvalue weighted by molar-refractivity contribution is 0.540. The Morgan fingerprint density at radius 1 is 1.37 bits per heavy atom. The maximum absolute atomic E-state index is 12.3. The predicted octanol–water partition coefficient (Wildman–Crippen LogP) is 2.32. The third kappa shape index (κ3) is 4.02. The molecule has 2 unspecified atom stereocenters. The average molecular weight is 302 g/mol. The average Bonchev–Trinajstić information content (AvgIpc) is 2.95. The number of hydrogen-bond donors (Lipinski definition) is 2. The van der Waals surface area contributed by atoms with Gasteiger partial charge in [0.05, 0.1) is 0 Å². The molecule has 0 aromatic carbocycles. The number of nitrogens with one attached hydrogen (secondary N) is 2. The monoisotopic (exact) mass is 302 g/mol. The molecule has 1 aliphatic carbocycles. The fourth-order valence-electron chi connectivity index (χ4n) is 2.44. The summed E-state index contributed by atoms with van der Waals surface area (Å²) in [6.07, 6.45) is 3.02. The van der Waals surface area contributed by atoms with Gasteiger partial charge in [-0.3, -0.25) is 0 Å². The first-order chi connectivity index (χ1) is 9.01. The molecular formula is C13H22N2O2S2. The van der Waals surface area contributed by atoms with Gasteiger partial charge in [-0.1, -0.05) is 13.8 Å². The van der Waals surface area contributed by atoms with Gasteiger partial charge in [0.1, 0.15) is 4.21 Å². The second-order valence-electron chi connectivity index (χ2n) is 5.24. The standard InChI is InChI=1S/C13H22N2O2S2/c1-3-14-9-12-6-7-13(18-12)19(16,17)15-11-5-4-10(2)8-11/h6-7,10-11,14-15H,3-5,8-9H2,1-2H3. The summed E-state index contributed by atoms with van der Waals surface area (Å²) in [5.41, 5.74) is 0. The molecule has 4 nitrogen and oxygen atoms in total. The highest BCUT2D eigenvalue weighted by Gasteiger charge is 2.27. The van der Waals surface area contributed by atoms with Crippen molar-refractivity contribution in [2.24, 2.45) is 5.92 Å². The summed E-state index contributed by atoms with van der Waals surface area (Å²) in [5.74, 6) is 0.625. The van der Waals surface area contributed by atoms with E-state index in [1.165, 1.54) is 11.3 Å². The Balaban J connectivity index is 2.00. The van der Waals surface area contributed by atoms with Crippen molar-refractivity contribution in [3.8, 4) is 0 Å². The zero-order valence-electron chi connectivity index (χ0n) is 11.5. The largest absolute Gasteiger partial charge is 0.312 e. The first-order valence-electron chi connectivity index (χ1n) is 6.83. The third-order valence-electron chi connectivity index (χ3n) is 3.47. The predicted molar refractivity (Wildman–Crippen MR) is 78.8 cm³/mol. The van der Waals surface area contributed by atoms with Crippen LogP contribution in [0.4, 0.5) is 0 Å². The molecule has 1 aromatic rings. The van der Waals surface area contributed by atoms with E-state index in [9.17, 15) is 8.42 Å². The van der Waals surface area contributed by atoms with Crippen molar-refractivity contribution < 1.29 is 8.42 Å². The van der Waals surface area contributed by atoms with Crippen molar-refractivity contribution in [3.63, 3.8) is 0 Å². The van der Waals surface area contributed by atoms with Gasteiger partial charge in [0, 0.05) is 17.5 Å². The van der Waals surface area contributed by atoms with Crippen molar-refractivity contribution in [3.05, 3.63) is 17.0 Å². The Labute approximate surface area is 119 Å². The van der Waals surface area contributed by atoms with Crippen molar-refractivity contribution in [2.45, 2.75) is 49.9 Å². The van der Waals surface area contributed by atoms with Gasteiger partial charge in [-0.2, -0.15) is 0 Å². The van der Waals surface area contributed by atoms with Crippen LogP contribution in [0.1, 0.15) is 38.0 Å². The SMILES string of the molecule is CCNCc1ccc(S(=O)(=O)NC2CCC(C)C2)s1. The van der Waals surface area contributed by atoms with Crippen molar-refractivity contribution in [2.75, 3.05) is 6.54 Å². The summed E-state index contributed by atoms with van der Waals surface area (Å²) in [7, 11) is -3.33. The first kappa shape index (κ1) is 15.0. The molecule has 2 N–H and O–H groups in total. The molecular weight excluding hydrogens is 280 g/mol. The quantitative estimate of drug-likeness (QED) is 0.848. The van der Waals surface area contributed by atoms with Gasteiger partial charge in [-0.25, -0.2) is 13.1 Å². The molecule has 6 heteroatoms. The zero-order valence-corrected chi connectivity index (χ0v) is 13.1. The van der Waals surface area contributed by atoms with Crippen LogP contribution in [0.15, 0.2) is 16.3 Å². The molecule has 0 saturated heterocycles. The maximum Gasteiger partial charge on any atom is 0.250 e. The lowest BCUT2D eigenvalue weighted by Gasteiger charge is -2.11. The van der Waals surface area contributed by atoms with Crippen LogP contribution in [0.3, 0.4) is 0 Å². The fourth-order valence-corrected chi connectivity index (χ4v) is 5.06. The molecule has 108 valence electrons. The summed E-state index contributed by atoms with van der Waals surface area (Å²) >= 11 is 1.35. The molecule has 2 rings (SSSR count). The van der Waals surface area contributed by atoms with Crippen LogP contribution >= 0.6 is 11.3 Å². The van der Waals surface area contributed by atoms with E-state index in [4.69, 9.17) is 0 Å². The summed E-state index contributed by atoms with van der Waals surface area (Å²) < 4.78 is 27.8. The van der Waals surface area contributed by atoms with Crippen LogP contribution in [-0.4, -0.2) is 21.0 Å². The van der Waals surface area contributed by atoms with E-state index in [1.54, 1.807) is 6.07 Å². The van der Waals surface area contributed by atoms with E-state index in [1.807, 2.05) is 13.0 Å². The Bertz CT molecular complexity index is 510. The molecule has 0 amide bonds. The van der Waals surface area contributed by atoms with E-state index in [-0.39, 0.29) is 6.04 Å². The zero-order chi connectivity index (χ0) is 13.9. The van der Waals surface area contributed by atoms with E-state index in [2.05, 4.69) is 17.0 Å². The molecule has 1 heterocycles. The molecule has 0 bridgehead atoms. The fraction of sp³-hybridized carbons (Fsp3) is 0.692. The summed E-state index contributed by atoms with van der Waals surface area (Å²) in [5, 5.41) is 3.20. The van der Waals surface area contributed by atoms with Gasteiger partial charge in [-0.05, 0) is 43.9 Å². The smallest absolute Gasteiger partial charge is 0.250 e. The van der Waals surface area contributed by atoms with Crippen LogP contribution in [-0.2, 0) is 16.6 Å². The first-order valence-corrected chi connectivity index (χ1v) is 9.13. The van der Waals surface area contributed by atoms with Crippen LogP contribution in [0.25, 0.3) is 0 Å². The number of hydrogen-bond acceptors (Lipinski definition) is 4. The third-order valence-corrected chi connectivity index (χ3v) is 6.57.